The van der Waals surface area contributed by atoms with Gasteiger partial charge >= 0.3 is 0 Å². The van der Waals surface area contributed by atoms with Crippen molar-refractivity contribution in [1.82, 2.24) is 5.32 Å². The highest BCUT2D eigenvalue weighted by atomic mass is 32.2. The van der Waals surface area contributed by atoms with Gasteiger partial charge in [-0.1, -0.05) is 11.8 Å². The lowest BCUT2D eigenvalue weighted by Crippen LogP contribution is -2.35. The van der Waals surface area contributed by atoms with Gasteiger partial charge in [-0.15, -0.1) is 0 Å². The third-order valence-corrected chi connectivity index (χ3v) is 1.72. The van der Waals surface area contributed by atoms with Crippen LogP contribution < -0.4 is 5.32 Å². The van der Waals surface area contributed by atoms with Crippen LogP contribution in [-0.2, 0) is 0 Å². The maximum absolute atomic E-state index is 8.60. The van der Waals surface area contributed by atoms with Gasteiger partial charge in [0.25, 0.3) is 5.24 Å². The molecule has 1 fully saturated rings. The topological polar surface area (TPSA) is 52.5 Å². The number of nitrogens with one attached hydrogen (secondary N) is 1. The first-order chi connectivity index (χ1) is 3.21. The highest BCUT2D eigenvalue weighted by Gasteiger charge is 2.27. The molecule has 0 aromatic carbocycles. The average molecular weight is 121 g/mol. The highest BCUT2D eigenvalue weighted by Crippen LogP contribution is 2.19. The summed E-state index contributed by atoms with van der Waals surface area (Å²) in [6.45, 7) is 0.678. The zero-order valence-corrected chi connectivity index (χ0v) is 4.53. The van der Waals surface area contributed by atoms with E-state index in [0.29, 0.717) is 6.54 Å². The maximum Gasteiger partial charge on any atom is 0.275 e. The summed E-state index contributed by atoms with van der Waals surface area (Å²) >= 11 is 1.10. The monoisotopic (exact) mass is 121 g/mol. The van der Waals surface area contributed by atoms with Crippen molar-refractivity contribution >= 4 is 11.8 Å². The first-order valence-electron chi connectivity index (χ1n) is 2.04. The van der Waals surface area contributed by atoms with Crippen molar-refractivity contribution in [2.75, 3.05) is 12.3 Å². The molecule has 7 heavy (non-hydrogen) atoms. The molecule has 0 radical (unpaired) electrons. The average Bonchev–Trinajstić information content (AvgIpc) is 1.84. The Bertz CT molecular complexity index is 67.3. The van der Waals surface area contributed by atoms with Crippen molar-refractivity contribution in [2.45, 2.75) is 5.24 Å². The standard InChI is InChI=1S/C3H7NO2S/c5-3(6)4-1-2-7-3/h4-6H,1-2H2. The van der Waals surface area contributed by atoms with Crippen LogP contribution in [0.15, 0.2) is 0 Å². The van der Waals surface area contributed by atoms with Crippen molar-refractivity contribution in [3.8, 4) is 0 Å². The number of rotatable bonds is 0. The van der Waals surface area contributed by atoms with Crippen LogP contribution in [0.4, 0.5) is 0 Å². The molecule has 1 heterocycles. The minimum absolute atomic E-state index is 0.678. The van der Waals surface area contributed by atoms with Crippen molar-refractivity contribution in [1.29, 1.82) is 0 Å². The van der Waals surface area contributed by atoms with Crippen molar-refractivity contribution in [2.24, 2.45) is 0 Å². The molecule has 0 atom stereocenters. The van der Waals surface area contributed by atoms with Crippen LogP contribution in [0, 0.1) is 0 Å². The predicted octanol–water partition coefficient (Wildman–Crippen LogP) is -1.08. The van der Waals surface area contributed by atoms with Gasteiger partial charge in [0.05, 0.1) is 0 Å². The first kappa shape index (κ1) is 5.37. The van der Waals surface area contributed by atoms with Crippen LogP contribution in [0.2, 0.25) is 0 Å². The van der Waals surface area contributed by atoms with Crippen LogP contribution in [0.1, 0.15) is 0 Å². The number of aliphatic hydroxyl groups is 2. The second kappa shape index (κ2) is 1.63. The maximum atomic E-state index is 8.60. The normalized spacial score (nSPS) is 28.3. The van der Waals surface area contributed by atoms with Crippen LogP contribution in [-0.4, -0.2) is 27.8 Å². The molecule has 4 heteroatoms. The predicted molar refractivity (Wildman–Crippen MR) is 27.6 cm³/mol. The van der Waals surface area contributed by atoms with E-state index in [1.165, 1.54) is 0 Å². The van der Waals surface area contributed by atoms with Crippen LogP contribution in [0.25, 0.3) is 0 Å². The summed E-state index contributed by atoms with van der Waals surface area (Å²) in [5.74, 6) is 0.771. The van der Waals surface area contributed by atoms with Gasteiger partial charge in [-0.2, -0.15) is 0 Å². The fourth-order valence-corrected chi connectivity index (χ4v) is 1.15. The van der Waals surface area contributed by atoms with Crippen molar-refractivity contribution < 1.29 is 10.2 Å². The smallest absolute Gasteiger partial charge is 0.275 e. The van der Waals surface area contributed by atoms with Gasteiger partial charge in [-0.3, -0.25) is 5.32 Å². The molecule has 0 saturated carbocycles. The Kier molecular flexibility index (Phi) is 1.25. The molecule has 1 aliphatic heterocycles. The Morgan fingerprint density at radius 1 is 1.57 bits per heavy atom. The summed E-state index contributed by atoms with van der Waals surface area (Å²) in [4.78, 5) is 0. The molecule has 0 aliphatic carbocycles. The van der Waals surface area contributed by atoms with E-state index < -0.39 is 5.24 Å². The lowest BCUT2D eigenvalue weighted by atomic mass is 10.7. The Hall–Kier alpha value is 0.230. The molecule has 1 aliphatic rings. The summed E-state index contributed by atoms with van der Waals surface area (Å²) in [6.07, 6.45) is 0. The zero-order valence-electron chi connectivity index (χ0n) is 3.72. The third-order valence-electron chi connectivity index (χ3n) is 0.761. The van der Waals surface area contributed by atoms with Gasteiger partial charge in [0, 0.05) is 12.3 Å². The van der Waals surface area contributed by atoms with E-state index in [9.17, 15) is 0 Å². The van der Waals surface area contributed by atoms with E-state index in [1.54, 1.807) is 0 Å². The lowest BCUT2D eigenvalue weighted by Gasteiger charge is -2.10. The van der Waals surface area contributed by atoms with Gasteiger partial charge in [-0.25, -0.2) is 0 Å². The van der Waals surface area contributed by atoms with E-state index in [2.05, 4.69) is 5.32 Å². The largest absolute Gasteiger partial charge is 0.345 e. The summed E-state index contributed by atoms with van der Waals surface area (Å²) in [5.41, 5.74) is 0. The Morgan fingerprint density at radius 3 is 2.43 bits per heavy atom. The molecular formula is C3H7NO2S. The van der Waals surface area contributed by atoms with Gasteiger partial charge in [0.2, 0.25) is 0 Å². The van der Waals surface area contributed by atoms with E-state index >= 15 is 0 Å². The van der Waals surface area contributed by atoms with Gasteiger partial charge in [0.1, 0.15) is 0 Å². The first-order valence-corrected chi connectivity index (χ1v) is 3.03. The van der Waals surface area contributed by atoms with E-state index in [4.69, 9.17) is 10.2 Å². The molecule has 1 saturated heterocycles. The van der Waals surface area contributed by atoms with Gasteiger partial charge in [0.15, 0.2) is 0 Å². The molecule has 0 bridgehead atoms. The Labute approximate surface area is 45.7 Å². The molecular weight excluding hydrogens is 114 g/mol. The zero-order chi connectivity index (χ0) is 5.33. The second-order valence-electron chi connectivity index (χ2n) is 1.38. The SMILES string of the molecule is OC1(O)NCCS1. The summed E-state index contributed by atoms with van der Waals surface area (Å²) in [5, 5.41) is 18.0. The highest BCUT2D eigenvalue weighted by molar-refractivity contribution is 8.00. The molecule has 1 rings (SSSR count). The third kappa shape index (κ3) is 1.31. The van der Waals surface area contributed by atoms with Crippen LogP contribution in [0.3, 0.4) is 0 Å². The molecule has 0 unspecified atom stereocenters. The van der Waals surface area contributed by atoms with Crippen LogP contribution >= 0.6 is 11.8 Å². The number of hydrogen-bond acceptors (Lipinski definition) is 4. The molecule has 0 aromatic heterocycles. The molecule has 0 amide bonds. The summed E-state index contributed by atoms with van der Waals surface area (Å²) < 4.78 is 0. The van der Waals surface area contributed by atoms with Crippen molar-refractivity contribution in [3.63, 3.8) is 0 Å². The molecule has 3 N–H and O–H groups in total. The molecule has 3 nitrogen and oxygen atoms in total. The van der Waals surface area contributed by atoms with Gasteiger partial charge in [-0.05, 0) is 0 Å². The van der Waals surface area contributed by atoms with E-state index in [1.807, 2.05) is 0 Å². The van der Waals surface area contributed by atoms with E-state index in [0.717, 1.165) is 17.5 Å². The second-order valence-corrected chi connectivity index (χ2v) is 2.65. The summed E-state index contributed by atoms with van der Waals surface area (Å²) in [7, 11) is 0. The summed E-state index contributed by atoms with van der Waals surface area (Å²) in [6, 6.07) is 0. The fraction of sp³-hybridized carbons (Fsp3) is 1.00. The van der Waals surface area contributed by atoms with E-state index in [-0.39, 0.29) is 0 Å². The number of thioether (sulfide) groups is 1. The Balaban J connectivity index is 2.40. The van der Waals surface area contributed by atoms with Gasteiger partial charge < -0.3 is 10.2 Å². The fourth-order valence-electron chi connectivity index (χ4n) is 0.458. The van der Waals surface area contributed by atoms with Crippen LogP contribution in [0.5, 0.6) is 0 Å². The molecule has 0 aromatic rings. The Morgan fingerprint density at radius 2 is 2.29 bits per heavy atom. The molecule has 0 spiro atoms. The minimum atomic E-state index is -1.64. The minimum Gasteiger partial charge on any atom is -0.345 e. The molecule has 42 valence electrons. The quantitative estimate of drug-likeness (QED) is 0.357. The lowest BCUT2D eigenvalue weighted by molar-refractivity contribution is -0.0947. The van der Waals surface area contributed by atoms with Crippen molar-refractivity contribution in [3.05, 3.63) is 0 Å². The number of hydrogen-bond donors (Lipinski definition) is 3.